The quantitative estimate of drug-likeness (QED) is 0.402. The highest BCUT2D eigenvalue weighted by molar-refractivity contribution is 7.89. The van der Waals surface area contributed by atoms with E-state index in [1.54, 1.807) is 60.7 Å². The first-order valence-corrected chi connectivity index (χ1v) is 16.9. The Labute approximate surface area is 246 Å². The van der Waals surface area contributed by atoms with E-state index in [9.17, 15) is 26.4 Å². The number of sulfonamides is 2. The van der Waals surface area contributed by atoms with E-state index in [1.807, 2.05) is 0 Å². The third-order valence-electron chi connectivity index (χ3n) is 7.70. The van der Waals surface area contributed by atoms with Crippen LogP contribution in [-0.4, -0.2) is 69.0 Å². The molecule has 1 saturated carbocycles. The molecule has 1 aliphatic carbocycles. The first kappa shape index (κ1) is 29.9. The highest BCUT2D eigenvalue weighted by Crippen LogP contribution is 2.27. The molecule has 0 aromatic heterocycles. The van der Waals surface area contributed by atoms with Gasteiger partial charge in [0.25, 0.3) is 5.91 Å². The highest BCUT2D eigenvalue weighted by Gasteiger charge is 2.43. The van der Waals surface area contributed by atoms with Crippen LogP contribution in [0, 0.1) is 0 Å². The van der Waals surface area contributed by atoms with E-state index >= 15 is 0 Å². The minimum atomic E-state index is -4.16. The van der Waals surface area contributed by atoms with Gasteiger partial charge < -0.3 is 10.6 Å². The van der Waals surface area contributed by atoms with Gasteiger partial charge in [-0.15, -0.1) is 0 Å². The summed E-state index contributed by atoms with van der Waals surface area (Å²) < 4.78 is 56.4. The number of carbonyl (C=O) groups is 2. The molecule has 1 saturated heterocycles. The van der Waals surface area contributed by atoms with Crippen molar-refractivity contribution in [2.45, 2.75) is 54.0 Å². The van der Waals surface area contributed by atoms with E-state index in [0.717, 1.165) is 40.7 Å². The summed E-state index contributed by atoms with van der Waals surface area (Å²) >= 11 is 0. The number of rotatable bonds is 8. The molecule has 10 nitrogen and oxygen atoms in total. The van der Waals surface area contributed by atoms with Crippen LogP contribution in [0.5, 0.6) is 0 Å². The number of anilines is 1. The average Bonchev–Trinajstić information content (AvgIpc) is 3.02. The van der Waals surface area contributed by atoms with Gasteiger partial charge >= 0.3 is 0 Å². The molecular weight excluding hydrogens is 576 g/mol. The summed E-state index contributed by atoms with van der Waals surface area (Å²) in [6.07, 6.45) is 5.00. The monoisotopic (exact) mass is 610 g/mol. The predicted octanol–water partition coefficient (Wildman–Crippen LogP) is 3.45. The fourth-order valence-corrected chi connectivity index (χ4v) is 8.50. The van der Waals surface area contributed by atoms with Crippen LogP contribution >= 0.6 is 0 Å². The number of carbonyl (C=O) groups excluding carboxylic acids is 2. The summed E-state index contributed by atoms with van der Waals surface area (Å²) in [5, 5.41) is 5.78. The minimum absolute atomic E-state index is 0.00516. The van der Waals surface area contributed by atoms with Crippen molar-refractivity contribution in [2.24, 2.45) is 0 Å². The van der Waals surface area contributed by atoms with Gasteiger partial charge in [-0.3, -0.25) is 9.59 Å². The van der Waals surface area contributed by atoms with E-state index in [1.165, 1.54) is 24.3 Å². The molecule has 222 valence electrons. The number of nitrogens with zero attached hydrogens (tertiary/aromatic N) is 2. The Balaban J connectivity index is 1.44. The predicted molar refractivity (Wildman–Crippen MR) is 159 cm³/mol. The molecule has 5 rings (SSSR count). The number of benzene rings is 3. The summed E-state index contributed by atoms with van der Waals surface area (Å²) in [5.74, 6) is -1.07. The smallest absolute Gasteiger partial charge is 0.253 e. The molecule has 1 aliphatic heterocycles. The van der Waals surface area contributed by atoms with Crippen LogP contribution in [0.25, 0.3) is 0 Å². The van der Waals surface area contributed by atoms with Gasteiger partial charge in [-0.25, -0.2) is 16.8 Å². The highest BCUT2D eigenvalue weighted by atomic mass is 32.2. The second kappa shape index (κ2) is 12.7. The van der Waals surface area contributed by atoms with Gasteiger partial charge in [0.15, 0.2) is 0 Å². The van der Waals surface area contributed by atoms with Crippen LogP contribution in [0.15, 0.2) is 94.7 Å². The fraction of sp³-hybridized carbons (Fsp3) is 0.333. The maximum absolute atomic E-state index is 13.9. The number of nitrogens with one attached hydrogen (secondary N) is 2. The summed E-state index contributed by atoms with van der Waals surface area (Å²) in [6.45, 7) is -0.760. The third kappa shape index (κ3) is 6.41. The molecule has 2 aliphatic rings. The van der Waals surface area contributed by atoms with Crippen molar-refractivity contribution in [3.63, 3.8) is 0 Å². The van der Waals surface area contributed by atoms with Crippen molar-refractivity contribution in [2.75, 3.05) is 25.0 Å². The van der Waals surface area contributed by atoms with Gasteiger partial charge in [-0.05, 0) is 49.2 Å². The van der Waals surface area contributed by atoms with Crippen LogP contribution in [0.1, 0.15) is 42.5 Å². The van der Waals surface area contributed by atoms with Crippen molar-refractivity contribution in [1.82, 2.24) is 13.9 Å². The number of hydrogen-bond acceptors (Lipinski definition) is 6. The van der Waals surface area contributed by atoms with Gasteiger partial charge in [0.05, 0.1) is 21.0 Å². The SMILES string of the molecule is O=C(NC1CCCCC1)c1ccccc1NC(=O)[C@H]1CN(S(=O)(=O)c2ccccc2)CCN1S(=O)(=O)c1ccccc1. The third-order valence-corrected chi connectivity index (χ3v) is 11.5. The number of para-hydroxylation sites is 1. The van der Waals surface area contributed by atoms with Crippen LogP contribution in [0.2, 0.25) is 0 Å². The van der Waals surface area contributed by atoms with Gasteiger partial charge in [-0.1, -0.05) is 67.8 Å². The molecule has 0 unspecified atom stereocenters. The van der Waals surface area contributed by atoms with Crippen LogP contribution in [0.4, 0.5) is 5.69 Å². The zero-order valence-electron chi connectivity index (χ0n) is 23.1. The Hall–Kier alpha value is -3.58. The summed E-state index contributed by atoms with van der Waals surface area (Å²) in [5.41, 5.74) is 0.467. The Morgan fingerprint density at radius 3 is 1.90 bits per heavy atom. The minimum Gasteiger partial charge on any atom is -0.349 e. The summed E-state index contributed by atoms with van der Waals surface area (Å²) in [7, 11) is -8.16. The van der Waals surface area contributed by atoms with Crippen molar-refractivity contribution < 1.29 is 26.4 Å². The van der Waals surface area contributed by atoms with E-state index in [0.29, 0.717) is 0 Å². The summed E-state index contributed by atoms with van der Waals surface area (Å²) in [4.78, 5) is 27.1. The molecule has 1 heterocycles. The molecule has 0 bridgehead atoms. The van der Waals surface area contributed by atoms with Crippen molar-refractivity contribution >= 4 is 37.5 Å². The molecule has 2 fully saturated rings. The largest absolute Gasteiger partial charge is 0.349 e. The lowest BCUT2D eigenvalue weighted by Crippen LogP contribution is -2.60. The zero-order chi connectivity index (χ0) is 29.7. The number of amides is 2. The number of hydrogen-bond donors (Lipinski definition) is 2. The maximum Gasteiger partial charge on any atom is 0.253 e. The Bertz CT molecular complexity index is 1630. The van der Waals surface area contributed by atoms with Crippen LogP contribution in [-0.2, 0) is 24.8 Å². The molecule has 3 aromatic carbocycles. The van der Waals surface area contributed by atoms with E-state index in [4.69, 9.17) is 0 Å². The molecular formula is C30H34N4O6S2. The second-order valence-corrected chi connectivity index (χ2v) is 14.3. The van der Waals surface area contributed by atoms with Crippen molar-refractivity contribution in [3.05, 3.63) is 90.5 Å². The van der Waals surface area contributed by atoms with E-state index in [-0.39, 0.29) is 46.1 Å². The lowest BCUT2D eigenvalue weighted by atomic mass is 9.95. The van der Waals surface area contributed by atoms with Crippen LogP contribution < -0.4 is 10.6 Å². The maximum atomic E-state index is 13.9. The molecule has 2 amide bonds. The lowest BCUT2D eigenvalue weighted by molar-refractivity contribution is -0.120. The van der Waals surface area contributed by atoms with Gasteiger partial charge in [0.2, 0.25) is 26.0 Å². The van der Waals surface area contributed by atoms with Crippen molar-refractivity contribution in [1.29, 1.82) is 0 Å². The Morgan fingerprint density at radius 1 is 0.690 bits per heavy atom. The second-order valence-electron chi connectivity index (χ2n) is 10.5. The molecule has 1 atom stereocenters. The Morgan fingerprint density at radius 2 is 1.26 bits per heavy atom. The first-order chi connectivity index (χ1) is 20.2. The van der Waals surface area contributed by atoms with E-state index < -0.39 is 38.5 Å². The van der Waals surface area contributed by atoms with Gasteiger partial charge in [-0.2, -0.15) is 8.61 Å². The molecule has 42 heavy (non-hydrogen) atoms. The molecule has 0 radical (unpaired) electrons. The normalized spacial score (nSPS) is 19.2. The van der Waals surface area contributed by atoms with Gasteiger partial charge in [0.1, 0.15) is 6.04 Å². The molecule has 0 spiro atoms. The molecule has 3 aromatic rings. The zero-order valence-corrected chi connectivity index (χ0v) is 24.7. The van der Waals surface area contributed by atoms with Gasteiger partial charge in [0, 0.05) is 25.7 Å². The molecule has 2 N–H and O–H groups in total. The van der Waals surface area contributed by atoms with Crippen LogP contribution in [0.3, 0.4) is 0 Å². The van der Waals surface area contributed by atoms with E-state index in [2.05, 4.69) is 10.6 Å². The molecule has 12 heteroatoms. The fourth-order valence-electron chi connectivity index (χ4n) is 5.45. The standard InChI is InChI=1S/C30H34N4O6S2/c35-29(31-23-12-4-1-5-13-23)26-18-10-11-19-27(26)32-30(36)28-22-33(41(37,38)24-14-6-2-7-15-24)20-21-34(28)42(39,40)25-16-8-3-9-17-25/h2-3,6-11,14-19,23,28H,1,4-5,12-13,20-22H2,(H,31,35)(H,32,36)/t28-/m1/s1. The Kier molecular flexibility index (Phi) is 9.07. The lowest BCUT2D eigenvalue weighted by Gasteiger charge is -2.39. The average molecular weight is 611 g/mol. The van der Waals surface area contributed by atoms with Crippen molar-refractivity contribution in [3.8, 4) is 0 Å². The topological polar surface area (TPSA) is 133 Å². The number of piperazine rings is 1. The summed E-state index contributed by atoms with van der Waals surface area (Å²) in [6, 6.07) is 20.7. The first-order valence-electron chi connectivity index (χ1n) is 14.0.